The van der Waals surface area contributed by atoms with E-state index in [1.165, 1.54) is 0 Å². The topological polar surface area (TPSA) is 95.9 Å². The van der Waals surface area contributed by atoms with E-state index in [2.05, 4.69) is 5.32 Å². The van der Waals surface area contributed by atoms with Crippen LogP contribution in [0.5, 0.6) is 0 Å². The first-order valence-corrected chi connectivity index (χ1v) is 11.4. The summed E-state index contributed by atoms with van der Waals surface area (Å²) in [7, 11) is 0. The van der Waals surface area contributed by atoms with Crippen LogP contribution < -0.4 is 5.32 Å². The molecule has 3 rings (SSSR count). The Morgan fingerprint density at radius 3 is 2.65 bits per heavy atom. The maximum atomic E-state index is 13.3. The van der Waals surface area contributed by atoms with E-state index in [9.17, 15) is 19.5 Å². The molecule has 170 valence electrons. The lowest BCUT2D eigenvalue weighted by molar-refractivity contribution is -0.146. The number of rotatable bonds is 10. The third-order valence-corrected chi connectivity index (χ3v) is 6.67. The fourth-order valence-electron chi connectivity index (χ4n) is 5.20. The molecule has 1 aliphatic carbocycles. The highest BCUT2D eigenvalue weighted by atomic mass is 16.5. The highest BCUT2D eigenvalue weighted by Crippen LogP contribution is 2.43. The van der Waals surface area contributed by atoms with Crippen molar-refractivity contribution in [2.75, 3.05) is 13.2 Å². The molecule has 2 fully saturated rings. The number of hydrogen-bond acceptors (Lipinski definition) is 5. The number of nitrogens with zero attached hydrogens (tertiary/aromatic N) is 1. The number of carboxylic acid groups (broad SMARTS) is 1. The van der Waals surface area contributed by atoms with Crippen molar-refractivity contribution in [3.8, 4) is 0 Å². The Labute approximate surface area is 184 Å². The number of esters is 1. The number of carbonyl (C=O) groups excluding carboxylic acids is 2. The van der Waals surface area contributed by atoms with Gasteiger partial charge in [-0.25, -0.2) is 0 Å². The van der Waals surface area contributed by atoms with Crippen LogP contribution in [0.3, 0.4) is 0 Å². The van der Waals surface area contributed by atoms with E-state index in [-0.39, 0.29) is 36.9 Å². The lowest BCUT2D eigenvalue weighted by atomic mass is 9.92. The number of ether oxygens (including phenoxy) is 1. The molecule has 1 aliphatic heterocycles. The minimum absolute atomic E-state index is 0.0189. The van der Waals surface area contributed by atoms with Crippen molar-refractivity contribution in [2.24, 2.45) is 11.8 Å². The molecule has 0 bridgehead atoms. The molecule has 31 heavy (non-hydrogen) atoms. The lowest BCUT2D eigenvalue weighted by Crippen LogP contribution is -2.53. The van der Waals surface area contributed by atoms with Gasteiger partial charge in [0, 0.05) is 12.6 Å². The van der Waals surface area contributed by atoms with Gasteiger partial charge in [0.2, 0.25) is 5.91 Å². The summed E-state index contributed by atoms with van der Waals surface area (Å²) in [6, 6.07) is 8.44. The molecule has 0 aromatic heterocycles. The Morgan fingerprint density at radius 2 is 1.97 bits per heavy atom. The van der Waals surface area contributed by atoms with Crippen LogP contribution in [-0.2, 0) is 25.5 Å². The first-order valence-electron chi connectivity index (χ1n) is 11.4. The van der Waals surface area contributed by atoms with E-state index in [0.29, 0.717) is 25.3 Å². The zero-order valence-corrected chi connectivity index (χ0v) is 18.5. The summed E-state index contributed by atoms with van der Waals surface area (Å²) in [5.74, 6) is -0.707. The van der Waals surface area contributed by atoms with Crippen molar-refractivity contribution in [2.45, 2.75) is 70.5 Å². The molecule has 1 amide bonds. The van der Waals surface area contributed by atoms with Gasteiger partial charge in [0.1, 0.15) is 6.04 Å². The van der Waals surface area contributed by atoms with E-state index >= 15 is 0 Å². The van der Waals surface area contributed by atoms with E-state index in [1.54, 1.807) is 18.7 Å². The summed E-state index contributed by atoms with van der Waals surface area (Å²) in [5.41, 5.74) is 1.12. The predicted octanol–water partition coefficient (Wildman–Crippen LogP) is 2.63. The maximum absolute atomic E-state index is 13.3. The van der Waals surface area contributed by atoms with Crippen molar-refractivity contribution in [3.63, 3.8) is 0 Å². The number of nitrogens with one attached hydrogen (secondary N) is 1. The molecule has 2 unspecified atom stereocenters. The Morgan fingerprint density at radius 1 is 1.23 bits per heavy atom. The average Bonchev–Trinajstić information content (AvgIpc) is 3.33. The van der Waals surface area contributed by atoms with Crippen LogP contribution in [0, 0.1) is 11.8 Å². The molecule has 1 heterocycles. The number of aryl methyl sites for hydroxylation is 1. The van der Waals surface area contributed by atoms with Gasteiger partial charge in [0.05, 0.1) is 19.1 Å². The second-order valence-corrected chi connectivity index (χ2v) is 8.73. The van der Waals surface area contributed by atoms with Crippen LogP contribution in [0.15, 0.2) is 30.3 Å². The van der Waals surface area contributed by atoms with Crippen LogP contribution in [0.1, 0.15) is 51.5 Å². The summed E-state index contributed by atoms with van der Waals surface area (Å²) in [6.07, 6.45) is 4.32. The van der Waals surface area contributed by atoms with Crippen molar-refractivity contribution >= 4 is 17.8 Å². The summed E-state index contributed by atoms with van der Waals surface area (Å²) >= 11 is 0. The van der Waals surface area contributed by atoms with Gasteiger partial charge in [0.25, 0.3) is 0 Å². The molecule has 2 N–H and O–H groups in total. The predicted molar refractivity (Wildman–Crippen MR) is 116 cm³/mol. The van der Waals surface area contributed by atoms with E-state index in [0.717, 1.165) is 24.8 Å². The summed E-state index contributed by atoms with van der Waals surface area (Å²) in [6.45, 7) is 4.41. The van der Waals surface area contributed by atoms with Gasteiger partial charge in [-0.3, -0.25) is 19.7 Å². The zero-order valence-electron chi connectivity index (χ0n) is 18.5. The SMILES string of the molecule is CCOC(=O)[C@H](CCc1ccccc1)N[C@@H](C)C(=O)N1CC2CCCC2[C@H]1CC(=O)O. The molecule has 1 aromatic carbocycles. The number of aliphatic carboxylic acids is 1. The van der Waals surface area contributed by atoms with Crippen molar-refractivity contribution in [3.05, 3.63) is 35.9 Å². The summed E-state index contributed by atoms with van der Waals surface area (Å²) < 4.78 is 5.23. The highest BCUT2D eigenvalue weighted by Gasteiger charge is 2.47. The monoisotopic (exact) mass is 430 g/mol. The van der Waals surface area contributed by atoms with Gasteiger partial charge in [-0.2, -0.15) is 0 Å². The van der Waals surface area contributed by atoms with Gasteiger partial charge < -0.3 is 14.7 Å². The smallest absolute Gasteiger partial charge is 0.323 e. The molecule has 0 radical (unpaired) electrons. The maximum Gasteiger partial charge on any atom is 0.323 e. The van der Waals surface area contributed by atoms with Crippen molar-refractivity contribution < 1.29 is 24.2 Å². The lowest BCUT2D eigenvalue weighted by Gasteiger charge is -2.31. The highest BCUT2D eigenvalue weighted by molar-refractivity contribution is 5.84. The number of hydrogen-bond donors (Lipinski definition) is 2. The quantitative estimate of drug-likeness (QED) is 0.554. The Hall–Kier alpha value is -2.41. The molecule has 1 aromatic rings. The minimum Gasteiger partial charge on any atom is -0.481 e. The summed E-state index contributed by atoms with van der Waals surface area (Å²) in [4.78, 5) is 39.0. The first kappa shape index (κ1) is 23.3. The van der Waals surface area contributed by atoms with Crippen LogP contribution in [0.25, 0.3) is 0 Å². The minimum atomic E-state index is -0.872. The standard InChI is InChI=1S/C24H34N2O5/c1-3-31-24(30)20(13-12-17-8-5-4-6-9-17)25-16(2)23(29)26-15-18-10-7-11-19(18)21(26)14-22(27)28/h4-6,8-9,16,18-21,25H,3,7,10-15H2,1-2H3,(H,27,28)/t16-,18?,19?,20-,21+/m0/s1. The van der Waals surface area contributed by atoms with Crippen LogP contribution in [0.2, 0.25) is 0 Å². The summed E-state index contributed by atoms with van der Waals surface area (Å²) in [5, 5.41) is 12.5. The third-order valence-electron chi connectivity index (χ3n) is 6.67. The van der Waals surface area contributed by atoms with Gasteiger partial charge in [-0.15, -0.1) is 0 Å². The van der Waals surface area contributed by atoms with E-state index < -0.39 is 18.1 Å². The number of benzene rings is 1. The average molecular weight is 431 g/mol. The number of carbonyl (C=O) groups is 3. The number of amides is 1. The normalized spacial score (nSPS) is 24.5. The van der Waals surface area contributed by atoms with E-state index in [4.69, 9.17) is 4.74 Å². The Balaban J connectivity index is 1.66. The molecule has 1 saturated heterocycles. The van der Waals surface area contributed by atoms with E-state index in [1.807, 2.05) is 30.3 Å². The van der Waals surface area contributed by atoms with Gasteiger partial charge in [-0.05, 0) is 56.9 Å². The second kappa shape index (κ2) is 10.8. The van der Waals surface area contributed by atoms with Crippen LogP contribution >= 0.6 is 0 Å². The van der Waals surface area contributed by atoms with Crippen LogP contribution in [0.4, 0.5) is 0 Å². The van der Waals surface area contributed by atoms with Crippen LogP contribution in [-0.4, -0.2) is 59.1 Å². The van der Waals surface area contributed by atoms with Crippen molar-refractivity contribution in [1.82, 2.24) is 10.2 Å². The number of likely N-dealkylation sites (tertiary alicyclic amines) is 1. The molecular formula is C24H34N2O5. The van der Waals surface area contributed by atoms with Crippen molar-refractivity contribution in [1.29, 1.82) is 0 Å². The van der Waals surface area contributed by atoms with Gasteiger partial charge in [-0.1, -0.05) is 36.8 Å². The first-order chi connectivity index (χ1) is 14.9. The fraction of sp³-hybridized carbons (Fsp3) is 0.625. The molecule has 1 saturated carbocycles. The molecule has 7 heteroatoms. The number of carboxylic acids is 1. The van der Waals surface area contributed by atoms with Gasteiger partial charge >= 0.3 is 11.9 Å². The molecule has 2 aliphatic rings. The zero-order chi connectivity index (χ0) is 22.4. The molecule has 0 spiro atoms. The Bertz CT molecular complexity index is 768. The Kier molecular flexibility index (Phi) is 8.07. The fourth-order valence-corrected chi connectivity index (χ4v) is 5.20. The molecule has 5 atom stereocenters. The third kappa shape index (κ3) is 5.85. The van der Waals surface area contributed by atoms with Gasteiger partial charge in [0.15, 0.2) is 0 Å². The number of fused-ring (bicyclic) bond motifs is 1. The largest absolute Gasteiger partial charge is 0.481 e. The second-order valence-electron chi connectivity index (χ2n) is 8.73. The molecular weight excluding hydrogens is 396 g/mol. The molecule has 7 nitrogen and oxygen atoms in total.